The molecule has 3 rings (SSSR count). The smallest absolute Gasteiger partial charge is 0.224 e. The number of carbonyl (C=O) groups is 1. The maximum atomic E-state index is 12.8. The summed E-state index contributed by atoms with van der Waals surface area (Å²) in [4.78, 5) is 17.2. The highest BCUT2D eigenvalue weighted by molar-refractivity contribution is 5.77. The second-order valence-electron chi connectivity index (χ2n) is 6.82. The van der Waals surface area contributed by atoms with Crippen LogP contribution in [-0.2, 0) is 4.79 Å². The first-order chi connectivity index (χ1) is 11.3. The quantitative estimate of drug-likeness (QED) is 0.926. The third kappa shape index (κ3) is 4.05. The molecular weight excluding hydrogens is 288 g/mol. The van der Waals surface area contributed by atoms with Crippen LogP contribution in [0.1, 0.15) is 56.6 Å². The highest BCUT2D eigenvalue weighted by Gasteiger charge is 2.28. The Labute approximate surface area is 139 Å². The molecule has 126 valence electrons. The van der Waals surface area contributed by atoms with Gasteiger partial charge in [-0.2, -0.15) is 0 Å². The van der Waals surface area contributed by atoms with Gasteiger partial charge in [-0.15, -0.1) is 0 Å². The van der Waals surface area contributed by atoms with Gasteiger partial charge in [-0.3, -0.25) is 9.69 Å². The molecule has 0 aromatic heterocycles. The number of benzene rings is 1. The van der Waals surface area contributed by atoms with Gasteiger partial charge in [0.25, 0.3) is 0 Å². The highest BCUT2D eigenvalue weighted by atomic mass is 16.3. The van der Waals surface area contributed by atoms with Crippen LogP contribution in [0.5, 0.6) is 5.75 Å². The summed E-state index contributed by atoms with van der Waals surface area (Å²) in [5.74, 6) is 0.554. The molecule has 0 bridgehead atoms. The first-order valence-electron chi connectivity index (χ1n) is 9.05. The Hall–Kier alpha value is -1.55. The zero-order valence-electron chi connectivity index (χ0n) is 13.9. The maximum Gasteiger partial charge on any atom is 0.224 e. The van der Waals surface area contributed by atoms with Crippen molar-refractivity contribution in [2.24, 2.45) is 0 Å². The third-order valence-corrected chi connectivity index (χ3v) is 5.20. The molecule has 1 amide bonds. The Kier molecular flexibility index (Phi) is 5.55. The molecule has 0 spiro atoms. The minimum atomic E-state index is 0.00549. The van der Waals surface area contributed by atoms with E-state index in [0.29, 0.717) is 12.2 Å². The van der Waals surface area contributed by atoms with Gasteiger partial charge in [-0.25, -0.2) is 0 Å². The van der Waals surface area contributed by atoms with Crippen LogP contribution in [-0.4, -0.2) is 47.0 Å². The zero-order chi connectivity index (χ0) is 16.1. The van der Waals surface area contributed by atoms with Crippen molar-refractivity contribution >= 4 is 5.91 Å². The average molecular weight is 316 g/mol. The fourth-order valence-corrected chi connectivity index (χ4v) is 3.87. The van der Waals surface area contributed by atoms with Crippen molar-refractivity contribution in [3.63, 3.8) is 0 Å². The van der Waals surface area contributed by atoms with E-state index in [4.69, 9.17) is 0 Å². The number of hydrogen-bond donors (Lipinski definition) is 1. The lowest BCUT2D eigenvalue weighted by molar-refractivity contribution is -0.133. The monoisotopic (exact) mass is 316 g/mol. The average Bonchev–Trinajstić information content (AvgIpc) is 2.62. The van der Waals surface area contributed by atoms with E-state index in [1.807, 2.05) is 23.1 Å². The Morgan fingerprint density at radius 1 is 0.957 bits per heavy atom. The van der Waals surface area contributed by atoms with Crippen molar-refractivity contribution < 1.29 is 9.90 Å². The molecule has 1 atom stereocenters. The van der Waals surface area contributed by atoms with Crippen LogP contribution in [0.3, 0.4) is 0 Å². The van der Waals surface area contributed by atoms with Crippen molar-refractivity contribution in [2.45, 2.75) is 51.0 Å². The number of rotatable bonds is 4. The summed E-state index contributed by atoms with van der Waals surface area (Å²) in [6, 6.07) is 7.51. The van der Waals surface area contributed by atoms with Crippen LogP contribution in [0.25, 0.3) is 0 Å². The fraction of sp³-hybridized carbons (Fsp3) is 0.632. The molecule has 2 saturated heterocycles. The molecular formula is C19H28N2O2. The Morgan fingerprint density at radius 2 is 1.57 bits per heavy atom. The summed E-state index contributed by atoms with van der Waals surface area (Å²) < 4.78 is 0. The van der Waals surface area contributed by atoms with Crippen molar-refractivity contribution in [3.8, 4) is 5.75 Å². The molecule has 0 unspecified atom stereocenters. The topological polar surface area (TPSA) is 43.8 Å². The number of likely N-dealkylation sites (tertiary alicyclic amines) is 2. The van der Waals surface area contributed by atoms with E-state index in [9.17, 15) is 9.90 Å². The molecule has 2 aliphatic heterocycles. The molecule has 2 fully saturated rings. The lowest BCUT2D eigenvalue weighted by Gasteiger charge is -2.36. The van der Waals surface area contributed by atoms with Crippen molar-refractivity contribution in [1.82, 2.24) is 9.80 Å². The molecule has 0 saturated carbocycles. The molecule has 4 nitrogen and oxygen atoms in total. The standard InChI is InChI=1S/C19H28N2O2/c22-18-10-4-3-9-16(18)17(20-11-5-1-6-12-20)15-19(23)21-13-7-2-8-14-21/h3-4,9-10,17,22H,1-2,5-8,11-15H2/t17-/m1/s1. The van der Waals surface area contributed by atoms with E-state index < -0.39 is 0 Å². The number of piperidine rings is 2. The van der Waals surface area contributed by atoms with Gasteiger partial charge in [0.1, 0.15) is 5.75 Å². The molecule has 2 aliphatic rings. The summed E-state index contributed by atoms with van der Waals surface area (Å²) >= 11 is 0. The molecule has 4 heteroatoms. The summed E-state index contributed by atoms with van der Waals surface area (Å²) in [5.41, 5.74) is 0.903. The molecule has 0 aliphatic carbocycles. The van der Waals surface area contributed by atoms with Crippen molar-refractivity contribution in [1.29, 1.82) is 0 Å². The molecule has 1 aromatic carbocycles. The largest absolute Gasteiger partial charge is 0.508 e. The van der Waals surface area contributed by atoms with E-state index in [-0.39, 0.29) is 11.9 Å². The number of amides is 1. The van der Waals surface area contributed by atoms with Crippen LogP contribution in [0.15, 0.2) is 24.3 Å². The number of hydrogen-bond acceptors (Lipinski definition) is 3. The predicted molar refractivity (Wildman–Crippen MR) is 91.3 cm³/mol. The van der Waals surface area contributed by atoms with Crippen LogP contribution in [0.2, 0.25) is 0 Å². The Morgan fingerprint density at radius 3 is 2.22 bits per heavy atom. The first kappa shape index (κ1) is 16.3. The van der Waals surface area contributed by atoms with Gasteiger partial charge in [0.05, 0.1) is 0 Å². The second-order valence-corrected chi connectivity index (χ2v) is 6.82. The minimum absolute atomic E-state index is 0.00549. The van der Waals surface area contributed by atoms with Gasteiger partial charge in [-0.1, -0.05) is 24.6 Å². The summed E-state index contributed by atoms with van der Waals surface area (Å²) in [6.45, 7) is 3.83. The molecule has 23 heavy (non-hydrogen) atoms. The highest BCUT2D eigenvalue weighted by Crippen LogP contribution is 2.33. The van der Waals surface area contributed by atoms with E-state index >= 15 is 0 Å². The molecule has 0 radical (unpaired) electrons. The van der Waals surface area contributed by atoms with Gasteiger partial charge < -0.3 is 10.0 Å². The van der Waals surface area contributed by atoms with E-state index in [0.717, 1.165) is 44.6 Å². The van der Waals surface area contributed by atoms with Crippen molar-refractivity contribution in [3.05, 3.63) is 29.8 Å². The summed E-state index contributed by atoms with van der Waals surface area (Å²) in [6.07, 6.45) is 7.60. The second kappa shape index (κ2) is 7.82. The zero-order valence-corrected chi connectivity index (χ0v) is 13.9. The Balaban J connectivity index is 1.77. The number of phenolic OH excluding ortho intramolecular Hbond substituents is 1. The number of nitrogens with zero attached hydrogens (tertiary/aromatic N) is 2. The molecule has 1 N–H and O–H groups in total. The number of para-hydroxylation sites is 1. The van der Waals surface area contributed by atoms with E-state index in [2.05, 4.69) is 4.90 Å². The third-order valence-electron chi connectivity index (χ3n) is 5.20. The SMILES string of the molecule is O=C(C[C@H](c1ccccc1O)N1CCCCC1)N1CCCCC1. The Bertz CT molecular complexity index is 520. The maximum absolute atomic E-state index is 12.8. The van der Waals surface area contributed by atoms with Crippen molar-refractivity contribution in [2.75, 3.05) is 26.2 Å². The van der Waals surface area contributed by atoms with E-state index in [1.54, 1.807) is 6.07 Å². The van der Waals surface area contributed by atoms with Gasteiger partial charge >= 0.3 is 0 Å². The molecule has 1 aromatic rings. The normalized spacial score (nSPS) is 21.1. The molecule has 2 heterocycles. The van der Waals surface area contributed by atoms with Gasteiger partial charge in [0, 0.05) is 31.1 Å². The number of aromatic hydroxyl groups is 1. The first-order valence-corrected chi connectivity index (χ1v) is 9.05. The summed E-state index contributed by atoms with van der Waals surface area (Å²) in [7, 11) is 0. The van der Waals surface area contributed by atoms with Gasteiger partial charge in [-0.05, 0) is 51.3 Å². The number of phenols is 1. The lowest BCUT2D eigenvalue weighted by atomic mass is 9.97. The van der Waals surface area contributed by atoms with Crippen LogP contribution >= 0.6 is 0 Å². The van der Waals surface area contributed by atoms with E-state index in [1.165, 1.54) is 25.7 Å². The van der Waals surface area contributed by atoms with Crippen LogP contribution in [0.4, 0.5) is 0 Å². The summed E-state index contributed by atoms with van der Waals surface area (Å²) in [5, 5.41) is 10.3. The number of carbonyl (C=O) groups excluding carboxylic acids is 1. The van der Waals surface area contributed by atoms with Gasteiger partial charge in [0.2, 0.25) is 5.91 Å². The van der Waals surface area contributed by atoms with Gasteiger partial charge in [0.15, 0.2) is 0 Å². The van der Waals surface area contributed by atoms with Crippen LogP contribution < -0.4 is 0 Å². The minimum Gasteiger partial charge on any atom is -0.508 e. The lowest BCUT2D eigenvalue weighted by Crippen LogP contribution is -2.40. The predicted octanol–water partition coefficient (Wildman–Crippen LogP) is 3.32. The fourth-order valence-electron chi connectivity index (χ4n) is 3.87. The van der Waals surface area contributed by atoms with Crippen LogP contribution in [0, 0.1) is 0 Å².